The quantitative estimate of drug-likeness (QED) is 0.0747. The molecule has 14 heteroatoms. The van der Waals surface area contributed by atoms with Crippen LogP contribution < -0.4 is 25.4 Å². The van der Waals surface area contributed by atoms with Crippen LogP contribution in [0.25, 0.3) is 22.3 Å². The molecule has 1 saturated carbocycles. The highest BCUT2D eigenvalue weighted by molar-refractivity contribution is 7.59. The molecule has 2 amide bonds. The van der Waals surface area contributed by atoms with Gasteiger partial charge >= 0.3 is 0 Å². The molecule has 61 heavy (non-hydrogen) atoms. The molecule has 3 aliphatic rings. The van der Waals surface area contributed by atoms with Crippen molar-refractivity contribution < 1.29 is 28.5 Å². The topological polar surface area (TPSA) is 155 Å². The zero-order chi connectivity index (χ0) is 42.7. The highest BCUT2D eigenvalue weighted by Gasteiger charge is 2.66. The smallest absolute Gasteiger partial charge is 0.245 e. The van der Waals surface area contributed by atoms with Crippen molar-refractivity contribution in [3.05, 3.63) is 108 Å². The first-order valence-corrected chi connectivity index (χ1v) is 24.0. The number of nitrogens with one attached hydrogen (secondary N) is 3. The number of anilines is 2. The van der Waals surface area contributed by atoms with Gasteiger partial charge in [-0.05, 0) is 76.3 Å². The summed E-state index contributed by atoms with van der Waals surface area (Å²) in [7, 11) is -2.41. The standard InChI is InChI=1S/C47H55N6O6PS/c1-30(2)48-46-51-41(29-61-46)40-25-43(37-22-21-35(58-4)23-39(37)50-40)59-36-24-42-44(54)52-47(60(56,57)28-32-13-9-8-10-14-32)26-33(47)15-11-6-5-7-12-16-38(45(55)53(42)27-36)49-34-19-17-31(3)18-20-34/h8-11,13-15,17-23,25,29-30,33,36,38,42,49H,5-7,12,16,24,26-28H2,1-4H3,(H,48,51)(H,52,54)(H,56,57)/b15-11-/t33-,36+,38-,42-,47-/m0/s1. The Morgan fingerprint density at radius 2 is 1.82 bits per heavy atom. The van der Waals surface area contributed by atoms with E-state index >= 15 is 0 Å². The number of benzene rings is 3. The molecule has 8 rings (SSSR count). The monoisotopic (exact) mass is 862 g/mol. The molecule has 4 heterocycles. The van der Waals surface area contributed by atoms with Crippen LogP contribution in [0.2, 0.25) is 0 Å². The zero-order valence-electron chi connectivity index (χ0n) is 35.2. The van der Waals surface area contributed by atoms with E-state index < -0.39 is 36.7 Å². The van der Waals surface area contributed by atoms with Gasteiger partial charge < -0.3 is 35.2 Å². The van der Waals surface area contributed by atoms with Crippen LogP contribution in [0.15, 0.2) is 96.4 Å². The van der Waals surface area contributed by atoms with Crippen molar-refractivity contribution in [2.24, 2.45) is 5.92 Å². The van der Waals surface area contributed by atoms with E-state index in [0.29, 0.717) is 41.2 Å². The number of ether oxygens (including phenoxy) is 2. The number of methoxy groups -OCH3 is 1. The highest BCUT2D eigenvalue weighted by atomic mass is 32.1. The van der Waals surface area contributed by atoms with Crippen LogP contribution in [0.4, 0.5) is 10.8 Å². The molecule has 3 aromatic carbocycles. The van der Waals surface area contributed by atoms with Crippen molar-refractivity contribution in [3.8, 4) is 22.9 Å². The Balaban J connectivity index is 1.15. The van der Waals surface area contributed by atoms with Gasteiger partial charge in [-0.25, -0.2) is 9.97 Å². The molecule has 0 radical (unpaired) electrons. The molecule has 6 atom stereocenters. The Labute approximate surface area is 361 Å². The van der Waals surface area contributed by atoms with Crippen LogP contribution in [-0.2, 0) is 20.3 Å². The summed E-state index contributed by atoms with van der Waals surface area (Å²) in [5.74, 6) is 0.195. The predicted octanol–water partition coefficient (Wildman–Crippen LogP) is 9.15. The second-order valence-electron chi connectivity index (χ2n) is 16.9. The van der Waals surface area contributed by atoms with E-state index in [1.807, 2.05) is 97.2 Å². The van der Waals surface area contributed by atoms with Crippen LogP contribution in [0.1, 0.15) is 69.9 Å². The molecule has 12 nitrogen and oxygen atoms in total. The number of hydrogen-bond acceptors (Lipinski definition) is 10. The molecule has 2 aliphatic heterocycles. The fraction of sp³-hybridized carbons (Fsp3) is 0.404. The SMILES string of the molecule is COc1ccc2c(O[C@@H]3C[C@H]4C(=O)N[C@]5(P(=O)(O)Cc6ccccc6)C[C@@H]5/C=C\CCCCC[C@H](Nc5ccc(C)cc5)C(=O)N4C3)cc(-c3csc(NC(C)C)n3)nc2c1. The molecule has 2 fully saturated rings. The van der Waals surface area contributed by atoms with Gasteiger partial charge in [-0.15, -0.1) is 11.3 Å². The molecule has 1 saturated heterocycles. The number of fused-ring (bicyclic) bond motifs is 3. The number of aryl methyl sites for hydroxylation is 1. The molecule has 1 aliphatic carbocycles. The summed E-state index contributed by atoms with van der Waals surface area (Å²) in [5, 5.41) is 12.1. The van der Waals surface area contributed by atoms with E-state index in [1.165, 1.54) is 11.3 Å². The second-order valence-corrected chi connectivity index (χ2v) is 20.3. The van der Waals surface area contributed by atoms with Crippen molar-refractivity contribution in [2.45, 2.75) is 101 Å². The minimum Gasteiger partial charge on any atom is -0.497 e. The lowest BCUT2D eigenvalue weighted by molar-refractivity contribution is -0.139. The van der Waals surface area contributed by atoms with Gasteiger partial charge in [0.15, 0.2) is 5.13 Å². The van der Waals surface area contributed by atoms with Crippen LogP contribution in [-0.4, -0.2) is 74.7 Å². The Morgan fingerprint density at radius 1 is 1.02 bits per heavy atom. The van der Waals surface area contributed by atoms with Gasteiger partial charge in [0.1, 0.15) is 40.7 Å². The Bertz CT molecular complexity index is 2440. The van der Waals surface area contributed by atoms with Gasteiger partial charge in [0.25, 0.3) is 0 Å². The van der Waals surface area contributed by atoms with Crippen molar-refractivity contribution in [3.63, 3.8) is 0 Å². The van der Waals surface area contributed by atoms with Gasteiger partial charge in [0, 0.05) is 47.0 Å². The summed E-state index contributed by atoms with van der Waals surface area (Å²) in [6.45, 7) is 6.27. The molecule has 5 aromatic rings. The molecule has 320 valence electrons. The number of pyridine rings is 1. The van der Waals surface area contributed by atoms with E-state index in [1.54, 1.807) is 12.0 Å². The van der Waals surface area contributed by atoms with E-state index in [2.05, 4.69) is 35.9 Å². The van der Waals surface area contributed by atoms with Crippen molar-refractivity contribution >= 4 is 52.2 Å². The van der Waals surface area contributed by atoms with Gasteiger partial charge in [-0.1, -0.05) is 73.0 Å². The molecule has 1 unspecified atom stereocenters. The van der Waals surface area contributed by atoms with Crippen LogP contribution in [0.3, 0.4) is 0 Å². The van der Waals surface area contributed by atoms with Gasteiger partial charge in [0.05, 0.1) is 31.0 Å². The average molecular weight is 863 g/mol. The minimum absolute atomic E-state index is 0.0731. The molecule has 4 N–H and O–H groups in total. The molecular weight excluding hydrogens is 808 g/mol. The van der Waals surface area contributed by atoms with E-state index in [0.717, 1.165) is 53.0 Å². The molecular formula is C47H55N6O6PS. The summed E-state index contributed by atoms with van der Waals surface area (Å²) < 4.78 is 27.0. The third kappa shape index (κ3) is 9.49. The lowest BCUT2D eigenvalue weighted by atomic mass is 10.0. The Morgan fingerprint density at radius 3 is 2.59 bits per heavy atom. The summed E-state index contributed by atoms with van der Waals surface area (Å²) in [5.41, 5.74) is 4.60. The van der Waals surface area contributed by atoms with Gasteiger partial charge in [-0.2, -0.15) is 0 Å². The predicted molar refractivity (Wildman–Crippen MR) is 242 cm³/mol. The number of rotatable bonds is 11. The van der Waals surface area contributed by atoms with E-state index in [9.17, 15) is 19.0 Å². The first-order chi connectivity index (χ1) is 29.4. The zero-order valence-corrected chi connectivity index (χ0v) is 36.9. The minimum atomic E-state index is -4.01. The number of allylic oxidation sites excluding steroid dienone is 1. The average Bonchev–Trinajstić information content (AvgIpc) is 3.51. The first kappa shape index (κ1) is 42.5. The van der Waals surface area contributed by atoms with Crippen molar-refractivity contribution in [1.29, 1.82) is 0 Å². The number of aromatic nitrogens is 2. The molecule has 2 aromatic heterocycles. The number of nitrogens with zero attached hydrogens (tertiary/aromatic N) is 3. The van der Waals surface area contributed by atoms with Crippen LogP contribution >= 0.6 is 18.7 Å². The first-order valence-electron chi connectivity index (χ1n) is 21.3. The number of hydrogen-bond donors (Lipinski definition) is 4. The summed E-state index contributed by atoms with van der Waals surface area (Å²) in [6.07, 6.45) is 7.95. The summed E-state index contributed by atoms with van der Waals surface area (Å²) in [6, 6.07) is 23.3. The van der Waals surface area contributed by atoms with Gasteiger partial charge in [0.2, 0.25) is 19.2 Å². The maximum Gasteiger partial charge on any atom is 0.245 e. The van der Waals surface area contributed by atoms with Crippen LogP contribution in [0.5, 0.6) is 11.5 Å². The maximum absolute atomic E-state index is 15.0. The van der Waals surface area contributed by atoms with E-state index in [-0.39, 0.29) is 37.0 Å². The number of carbonyl (C=O) groups excluding carboxylic acids is 2. The highest BCUT2D eigenvalue weighted by Crippen LogP contribution is 2.71. The van der Waals surface area contributed by atoms with Crippen LogP contribution in [0, 0.1) is 12.8 Å². The van der Waals surface area contributed by atoms with Crippen molar-refractivity contribution in [2.75, 3.05) is 24.3 Å². The maximum atomic E-state index is 15.0. The largest absolute Gasteiger partial charge is 0.497 e. The fourth-order valence-electron chi connectivity index (χ4n) is 8.55. The number of thiazole rings is 1. The summed E-state index contributed by atoms with van der Waals surface area (Å²) >= 11 is 1.49. The lowest BCUT2D eigenvalue weighted by Gasteiger charge is -2.31. The Kier molecular flexibility index (Phi) is 12.5. The summed E-state index contributed by atoms with van der Waals surface area (Å²) in [4.78, 5) is 53.1. The number of carbonyl (C=O) groups is 2. The van der Waals surface area contributed by atoms with E-state index in [4.69, 9.17) is 19.4 Å². The lowest BCUT2D eigenvalue weighted by Crippen LogP contribution is -2.53. The van der Waals surface area contributed by atoms with Gasteiger partial charge in [-0.3, -0.25) is 14.2 Å². The third-order valence-corrected chi connectivity index (χ3v) is 15.4. The normalized spacial score (nSPS) is 24.7. The molecule has 0 bridgehead atoms. The molecule has 0 spiro atoms. The fourth-order valence-corrected chi connectivity index (χ4v) is 11.8. The Hall–Kier alpha value is -5.23. The number of amides is 2. The third-order valence-electron chi connectivity index (χ3n) is 11.9. The van der Waals surface area contributed by atoms with Crippen molar-refractivity contribution in [1.82, 2.24) is 20.2 Å². The second kappa shape index (κ2) is 18.0.